The summed E-state index contributed by atoms with van der Waals surface area (Å²) in [7, 11) is 0. The molecule has 5 rings (SSSR count). The molecule has 7 nitrogen and oxygen atoms in total. The topological polar surface area (TPSA) is 90.0 Å². The Morgan fingerprint density at radius 2 is 1.47 bits per heavy atom. The quantitative estimate of drug-likeness (QED) is 0.270. The third-order valence-electron chi connectivity index (χ3n) is 7.96. The van der Waals surface area contributed by atoms with E-state index in [4.69, 9.17) is 21.5 Å². The summed E-state index contributed by atoms with van der Waals surface area (Å²) >= 11 is 6.10. The van der Waals surface area contributed by atoms with Crippen LogP contribution in [0.2, 0.25) is 5.02 Å². The summed E-state index contributed by atoms with van der Waals surface area (Å²) in [6, 6.07) is 17.5. The lowest BCUT2D eigenvalue weighted by molar-refractivity contribution is -0.192. The molecule has 3 atom stereocenters. The van der Waals surface area contributed by atoms with Crippen LogP contribution in [0.3, 0.4) is 0 Å². The van der Waals surface area contributed by atoms with E-state index < -0.39 is 47.6 Å². The van der Waals surface area contributed by atoms with Crippen LogP contribution in [0, 0.1) is 17.7 Å². The summed E-state index contributed by atoms with van der Waals surface area (Å²) in [5, 5.41) is 10.1. The van der Waals surface area contributed by atoms with Gasteiger partial charge in [0.2, 0.25) is 0 Å². The van der Waals surface area contributed by atoms with E-state index >= 15 is 0 Å². The van der Waals surface area contributed by atoms with E-state index in [1.165, 1.54) is 30.3 Å². The molecule has 0 bridgehead atoms. The van der Waals surface area contributed by atoms with Crippen molar-refractivity contribution >= 4 is 29.4 Å². The van der Waals surface area contributed by atoms with Crippen molar-refractivity contribution in [2.24, 2.45) is 11.8 Å². The predicted molar refractivity (Wildman–Crippen MR) is 157 cm³/mol. The number of carboxylic acids is 1. The van der Waals surface area contributed by atoms with Crippen LogP contribution < -0.4 is 5.32 Å². The van der Waals surface area contributed by atoms with Crippen LogP contribution in [0.25, 0.3) is 0 Å². The first-order chi connectivity index (χ1) is 22.0. The van der Waals surface area contributed by atoms with E-state index in [9.17, 15) is 40.3 Å². The number of hydrogen-bond donors (Lipinski definition) is 2. The Kier molecular flexibility index (Phi) is 11.2. The van der Waals surface area contributed by atoms with Gasteiger partial charge < -0.3 is 20.2 Å². The highest BCUT2D eigenvalue weighted by molar-refractivity contribution is 6.33. The molecular formula is C32H29ClF7N3O4. The van der Waals surface area contributed by atoms with Crippen molar-refractivity contribution in [3.8, 4) is 0 Å². The molecule has 15 heteroatoms. The number of alkyl halides is 6. The number of nitrogens with one attached hydrogen (secondary N) is 1. The van der Waals surface area contributed by atoms with Crippen molar-refractivity contribution in [1.82, 2.24) is 15.1 Å². The minimum absolute atomic E-state index is 0.0498. The fraction of sp³-hybridized carbons (Fsp3) is 0.344. The Labute approximate surface area is 269 Å². The number of carboxylic acid groups (broad SMARTS) is 1. The summed E-state index contributed by atoms with van der Waals surface area (Å²) in [6.45, 7) is 3.19. The zero-order valence-electron chi connectivity index (χ0n) is 24.5. The minimum Gasteiger partial charge on any atom is -0.475 e. The van der Waals surface area contributed by atoms with Gasteiger partial charge in [0.1, 0.15) is 5.82 Å². The highest BCUT2D eigenvalue weighted by atomic mass is 35.5. The third-order valence-corrected chi connectivity index (χ3v) is 8.28. The number of carbonyl (C=O) groups is 3. The smallest absolute Gasteiger partial charge is 0.475 e. The average molecular weight is 688 g/mol. The first-order valence-electron chi connectivity index (χ1n) is 14.3. The standard InChI is InChI=1S/C30H28ClF4N3O2.C2HF3O2/c31-24-10-5-11-25(32)27(24)29(40)38-17-21-15-37(16-22(21)18-38)13-12-26(19-6-2-1-3-7-19)36-28(39)20-8-4-9-23(14-20)30(33,34)35;3-2(4,5)1(6)7/h1-11,14,21-22,26H,12-13,15-18H2,(H,36,39);(H,6,7)/t21?,22?,26-;/m0./s1. The molecule has 47 heavy (non-hydrogen) atoms. The van der Waals surface area contributed by atoms with Crippen molar-refractivity contribution in [2.75, 3.05) is 32.7 Å². The Bertz CT molecular complexity index is 1550. The number of halogens is 8. The van der Waals surface area contributed by atoms with Gasteiger partial charge in [-0.15, -0.1) is 0 Å². The maximum absolute atomic E-state index is 14.3. The molecule has 0 aliphatic carbocycles. The lowest BCUT2D eigenvalue weighted by Gasteiger charge is -2.25. The number of aliphatic carboxylic acids is 1. The fourth-order valence-electron chi connectivity index (χ4n) is 5.70. The SMILES string of the molecule is O=C(N[C@@H](CCN1CC2CN(C(=O)c3c(F)cccc3Cl)CC2C1)c1ccccc1)c1cccc(C(F)(F)F)c1.O=C(O)C(F)(F)F. The molecule has 2 aliphatic heterocycles. The average Bonchev–Trinajstić information content (AvgIpc) is 3.58. The van der Waals surface area contributed by atoms with Crippen molar-refractivity contribution in [1.29, 1.82) is 0 Å². The summed E-state index contributed by atoms with van der Waals surface area (Å²) in [6.07, 6.45) is -9.06. The van der Waals surface area contributed by atoms with Gasteiger partial charge in [-0.3, -0.25) is 9.59 Å². The summed E-state index contributed by atoms with van der Waals surface area (Å²) < 4.78 is 85.5. The molecule has 2 saturated heterocycles. The van der Waals surface area contributed by atoms with Gasteiger partial charge in [0.15, 0.2) is 0 Å². The number of hydrogen-bond acceptors (Lipinski definition) is 4. The molecule has 2 unspecified atom stereocenters. The van der Waals surface area contributed by atoms with Crippen LogP contribution in [0.5, 0.6) is 0 Å². The molecule has 252 valence electrons. The first kappa shape index (κ1) is 35.7. The number of rotatable bonds is 7. The van der Waals surface area contributed by atoms with Crippen molar-refractivity contribution in [3.05, 3.63) is 106 Å². The Balaban J connectivity index is 0.000000644. The molecule has 3 aromatic carbocycles. The Morgan fingerprint density at radius 1 is 0.872 bits per heavy atom. The number of amides is 2. The molecule has 0 saturated carbocycles. The monoisotopic (exact) mass is 687 g/mol. The summed E-state index contributed by atoms with van der Waals surface area (Å²) in [4.78, 5) is 38.8. The van der Waals surface area contributed by atoms with E-state index in [1.54, 1.807) is 4.90 Å². The number of nitrogens with zero attached hydrogens (tertiary/aromatic N) is 2. The van der Waals surface area contributed by atoms with Gasteiger partial charge in [-0.1, -0.05) is 54.1 Å². The highest BCUT2D eigenvalue weighted by Crippen LogP contribution is 2.34. The van der Waals surface area contributed by atoms with Gasteiger partial charge in [-0.25, -0.2) is 9.18 Å². The van der Waals surface area contributed by atoms with Crippen LogP contribution in [0.1, 0.15) is 44.3 Å². The van der Waals surface area contributed by atoms with Crippen LogP contribution in [-0.2, 0) is 11.0 Å². The van der Waals surface area contributed by atoms with Gasteiger partial charge >= 0.3 is 18.3 Å². The normalized spacial score (nSPS) is 18.6. The first-order valence-corrected chi connectivity index (χ1v) is 14.7. The maximum Gasteiger partial charge on any atom is 0.490 e. The molecule has 2 fully saturated rings. The van der Waals surface area contributed by atoms with Crippen molar-refractivity contribution in [3.63, 3.8) is 0 Å². The number of carbonyl (C=O) groups excluding carboxylic acids is 2. The molecule has 2 heterocycles. The Hall–Kier alpha value is -4.17. The van der Waals surface area contributed by atoms with E-state index in [2.05, 4.69) is 10.2 Å². The van der Waals surface area contributed by atoms with Gasteiger partial charge in [0.05, 0.1) is 22.2 Å². The van der Waals surface area contributed by atoms with Crippen LogP contribution >= 0.6 is 11.6 Å². The molecule has 3 aromatic rings. The van der Waals surface area contributed by atoms with Gasteiger partial charge in [-0.05, 0) is 54.2 Å². The predicted octanol–water partition coefficient (Wildman–Crippen LogP) is 6.70. The maximum atomic E-state index is 14.3. The van der Waals surface area contributed by atoms with Crippen molar-refractivity contribution < 1.29 is 50.2 Å². The number of benzene rings is 3. The molecule has 0 aromatic heterocycles. The zero-order chi connectivity index (χ0) is 34.5. The third kappa shape index (κ3) is 9.22. The highest BCUT2D eigenvalue weighted by Gasteiger charge is 2.42. The fourth-order valence-corrected chi connectivity index (χ4v) is 5.94. The van der Waals surface area contributed by atoms with Crippen molar-refractivity contribution in [2.45, 2.75) is 24.8 Å². The lowest BCUT2D eigenvalue weighted by Crippen LogP contribution is -2.35. The van der Waals surface area contributed by atoms with E-state index in [1.807, 2.05) is 30.3 Å². The van der Waals surface area contributed by atoms with E-state index in [0.717, 1.165) is 30.8 Å². The molecule has 0 spiro atoms. The largest absolute Gasteiger partial charge is 0.490 e. The second-order valence-electron chi connectivity index (χ2n) is 11.2. The van der Waals surface area contributed by atoms with Crippen LogP contribution in [0.4, 0.5) is 30.7 Å². The lowest BCUT2D eigenvalue weighted by atomic mass is 10.0. The molecular weight excluding hydrogens is 659 g/mol. The molecule has 2 N–H and O–H groups in total. The summed E-state index contributed by atoms with van der Waals surface area (Å²) in [5.41, 5.74) is -0.153. The second-order valence-corrected chi connectivity index (χ2v) is 11.6. The van der Waals surface area contributed by atoms with Gasteiger partial charge in [0, 0.05) is 38.3 Å². The van der Waals surface area contributed by atoms with E-state index in [-0.39, 0.29) is 28.0 Å². The molecule has 2 aliphatic rings. The van der Waals surface area contributed by atoms with E-state index in [0.29, 0.717) is 26.1 Å². The molecule has 2 amide bonds. The van der Waals surface area contributed by atoms with Crippen LogP contribution in [0.15, 0.2) is 72.8 Å². The summed E-state index contributed by atoms with van der Waals surface area (Å²) in [5.74, 6) is -3.87. The zero-order valence-corrected chi connectivity index (χ0v) is 25.2. The number of fused-ring (bicyclic) bond motifs is 1. The van der Waals surface area contributed by atoms with Gasteiger partial charge in [0.25, 0.3) is 11.8 Å². The second kappa shape index (κ2) is 14.7. The minimum atomic E-state index is -5.08. The molecule has 0 radical (unpaired) electrons. The van der Waals surface area contributed by atoms with Crippen LogP contribution in [-0.4, -0.2) is 71.6 Å². The number of likely N-dealkylation sites (tertiary alicyclic amines) is 2. The van der Waals surface area contributed by atoms with Gasteiger partial charge in [-0.2, -0.15) is 26.3 Å². The Morgan fingerprint density at radius 3 is 2.02 bits per heavy atom.